The Morgan fingerprint density at radius 2 is 2.25 bits per heavy atom. The molecule has 1 N–H and O–H groups in total. The molecule has 1 aliphatic heterocycles. The van der Waals surface area contributed by atoms with E-state index in [-0.39, 0.29) is 23.5 Å². The lowest BCUT2D eigenvalue weighted by atomic mass is 10.3. The highest BCUT2D eigenvalue weighted by molar-refractivity contribution is 7.99. The van der Waals surface area contributed by atoms with Crippen molar-refractivity contribution in [2.75, 3.05) is 18.9 Å². The number of ether oxygens (including phenoxy) is 1. The SMILES string of the molecule is O=C(NCCCOc1ccccc1F)c1cnc2n(c1=O)CCS2. The number of thioether (sulfide) groups is 1. The molecule has 0 atom stereocenters. The van der Waals surface area contributed by atoms with E-state index in [0.29, 0.717) is 24.7 Å². The van der Waals surface area contributed by atoms with Gasteiger partial charge < -0.3 is 10.1 Å². The number of para-hydroxylation sites is 1. The number of aromatic nitrogens is 2. The zero-order valence-electron chi connectivity index (χ0n) is 12.8. The predicted octanol–water partition coefficient (Wildman–Crippen LogP) is 1.69. The molecule has 1 amide bonds. The molecular weight excluding hydrogens is 333 g/mol. The van der Waals surface area contributed by atoms with Crippen LogP contribution in [0.4, 0.5) is 4.39 Å². The summed E-state index contributed by atoms with van der Waals surface area (Å²) >= 11 is 1.50. The van der Waals surface area contributed by atoms with Crippen molar-refractivity contribution >= 4 is 17.7 Å². The van der Waals surface area contributed by atoms with Crippen LogP contribution in [0.2, 0.25) is 0 Å². The molecule has 0 saturated heterocycles. The molecule has 126 valence electrons. The van der Waals surface area contributed by atoms with E-state index in [9.17, 15) is 14.0 Å². The molecular formula is C16H16FN3O3S. The van der Waals surface area contributed by atoms with E-state index in [1.807, 2.05) is 0 Å². The van der Waals surface area contributed by atoms with Crippen LogP contribution in [0.1, 0.15) is 16.8 Å². The summed E-state index contributed by atoms with van der Waals surface area (Å²) in [7, 11) is 0. The van der Waals surface area contributed by atoms with Crippen molar-refractivity contribution in [1.29, 1.82) is 0 Å². The van der Waals surface area contributed by atoms with Crippen LogP contribution in [-0.2, 0) is 6.54 Å². The smallest absolute Gasteiger partial charge is 0.267 e. The number of nitrogens with one attached hydrogen (secondary N) is 1. The fraction of sp³-hybridized carbons (Fsp3) is 0.312. The first kappa shape index (κ1) is 16.5. The molecule has 0 fully saturated rings. The molecule has 1 aliphatic rings. The lowest BCUT2D eigenvalue weighted by Crippen LogP contribution is -2.34. The Balaban J connectivity index is 1.48. The van der Waals surface area contributed by atoms with Gasteiger partial charge in [-0.25, -0.2) is 9.37 Å². The van der Waals surface area contributed by atoms with Crippen molar-refractivity contribution in [2.24, 2.45) is 0 Å². The number of benzene rings is 1. The minimum absolute atomic E-state index is 0.0382. The van der Waals surface area contributed by atoms with Crippen molar-refractivity contribution in [3.63, 3.8) is 0 Å². The Labute approximate surface area is 142 Å². The van der Waals surface area contributed by atoms with E-state index in [4.69, 9.17) is 4.74 Å². The summed E-state index contributed by atoms with van der Waals surface area (Å²) in [5.74, 6) is 0.102. The van der Waals surface area contributed by atoms with Crippen LogP contribution in [0.25, 0.3) is 0 Å². The van der Waals surface area contributed by atoms with Crippen molar-refractivity contribution in [3.8, 4) is 5.75 Å². The zero-order chi connectivity index (χ0) is 16.9. The molecule has 0 spiro atoms. The third-order valence-electron chi connectivity index (χ3n) is 3.50. The Bertz CT molecular complexity index is 809. The van der Waals surface area contributed by atoms with Gasteiger partial charge >= 0.3 is 0 Å². The van der Waals surface area contributed by atoms with E-state index >= 15 is 0 Å². The topological polar surface area (TPSA) is 73.2 Å². The second-order valence-corrected chi connectivity index (χ2v) is 6.21. The molecule has 2 aromatic rings. The predicted molar refractivity (Wildman–Crippen MR) is 88.1 cm³/mol. The molecule has 0 aliphatic carbocycles. The number of fused-ring (bicyclic) bond motifs is 1. The van der Waals surface area contributed by atoms with E-state index in [1.54, 1.807) is 18.2 Å². The molecule has 0 radical (unpaired) electrons. The Morgan fingerprint density at radius 3 is 3.08 bits per heavy atom. The second-order valence-electron chi connectivity index (χ2n) is 5.15. The minimum Gasteiger partial charge on any atom is -0.490 e. The van der Waals surface area contributed by atoms with E-state index in [1.165, 1.54) is 28.6 Å². The first-order valence-corrected chi connectivity index (χ1v) is 8.53. The van der Waals surface area contributed by atoms with Crippen molar-refractivity contribution in [2.45, 2.75) is 18.1 Å². The van der Waals surface area contributed by atoms with Gasteiger partial charge in [-0.15, -0.1) is 0 Å². The van der Waals surface area contributed by atoms with Gasteiger partial charge in [0.05, 0.1) is 6.61 Å². The molecule has 1 aromatic carbocycles. The number of carbonyl (C=O) groups is 1. The second kappa shape index (κ2) is 7.48. The summed E-state index contributed by atoms with van der Waals surface area (Å²) in [4.78, 5) is 28.4. The summed E-state index contributed by atoms with van der Waals surface area (Å²) < 4.78 is 20.2. The van der Waals surface area contributed by atoms with Crippen molar-refractivity contribution in [1.82, 2.24) is 14.9 Å². The lowest BCUT2D eigenvalue weighted by molar-refractivity contribution is 0.0948. The van der Waals surface area contributed by atoms with Gasteiger partial charge in [0.2, 0.25) is 0 Å². The number of amides is 1. The molecule has 2 heterocycles. The number of halogens is 1. The summed E-state index contributed by atoms with van der Waals surface area (Å²) in [6.45, 7) is 1.16. The monoisotopic (exact) mass is 349 g/mol. The Kier molecular flexibility index (Phi) is 5.14. The lowest BCUT2D eigenvalue weighted by Gasteiger charge is -2.08. The van der Waals surface area contributed by atoms with Gasteiger partial charge in [-0.1, -0.05) is 23.9 Å². The van der Waals surface area contributed by atoms with Crippen LogP contribution in [0.3, 0.4) is 0 Å². The van der Waals surface area contributed by atoms with E-state index in [0.717, 1.165) is 5.75 Å². The fourth-order valence-electron chi connectivity index (χ4n) is 2.29. The van der Waals surface area contributed by atoms with Crippen molar-refractivity contribution < 1.29 is 13.9 Å². The van der Waals surface area contributed by atoms with Gasteiger partial charge in [-0.3, -0.25) is 14.2 Å². The molecule has 8 heteroatoms. The van der Waals surface area contributed by atoms with Crippen LogP contribution in [0.5, 0.6) is 5.75 Å². The quantitative estimate of drug-likeness (QED) is 0.635. The van der Waals surface area contributed by atoms with Gasteiger partial charge in [0.1, 0.15) is 5.56 Å². The van der Waals surface area contributed by atoms with Gasteiger partial charge in [0.25, 0.3) is 11.5 Å². The molecule has 0 unspecified atom stereocenters. The van der Waals surface area contributed by atoms with Crippen LogP contribution in [0, 0.1) is 5.82 Å². The molecule has 1 aromatic heterocycles. The molecule has 24 heavy (non-hydrogen) atoms. The normalized spacial score (nSPS) is 12.7. The number of nitrogens with zero attached hydrogens (tertiary/aromatic N) is 2. The highest BCUT2D eigenvalue weighted by Gasteiger charge is 2.19. The summed E-state index contributed by atoms with van der Waals surface area (Å²) in [6.07, 6.45) is 1.81. The molecule has 0 saturated carbocycles. The largest absolute Gasteiger partial charge is 0.490 e. The van der Waals surface area contributed by atoms with Crippen LogP contribution >= 0.6 is 11.8 Å². The van der Waals surface area contributed by atoms with Crippen LogP contribution in [-0.4, -0.2) is 34.4 Å². The maximum absolute atomic E-state index is 13.4. The first-order chi connectivity index (χ1) is 11.7. The van der Waals surface area contributed by atoms with Crippen LogP contribution in [0.15, 0.2) is 40.4 Å². The summed E-state index contributed by atoms with van der Waals surface area (Å²) in [5, 5.41) is 3.31. The first-order valence-electron chi connectivity index (χ1n) is 7.55. The zero-order valence-corrected chi connectivity index (χ0v) is 13.6. The third kappa shape index (κ3) is 3.59. The fourth-order valence-corrected chi connectivity index (χ4v) is 3.20. The number of hydrogen-bond donors (Lipinski definition) is 1. The average Bonchev–Trinajstić information content (AvgIpc) is 3.06. The Morgan fingerprint density at radius 1 is 1.42 bits per heavy atom. The van der Waals surface area contributed by atoms with E-state index in [2.05, 4.69) is 10.3 Å². The van der Waals surface area contributed by atoms with Gasteiger partial charge in [-0.2, -0.15) is 0 Å². The summed E-state index contributed by atoms with van der Waals surface area (Å²) in [6, 6.07) is 6.14. The minimum atomic E-state index is -0.453. The molecule has 3 rings (SSSR count). The number of hydrogen-bond acceptors (Lipinski definition) is 5. The average molecular weight is 349 g/mol. The molecule has 6 nitrogen and oxygen atoms in total. The van der Waals surface area contributed by atoms with Gasteiger partial charge in [0.15, 0.2) is 16.7 Å². The summed E-state index contributed by atoms with van der Waals surface area (Å²) in [5.41, 5.74) is -0.277. The highest BCUT2D eigenvalue weighted by Crippen LogP contribution is 2.20. The molecule has 0 bridgehead atoms. The Hall–Kier alpha value is -2.35. The third-order valence-corrected chi connectivity index (χ3v) is 4.47. The maximum Gasteiger partial charge on any atom is 0.267 e. The number of carbonyl (C=O) groups excluding carboxylic acids is 1. The van der Waals surface area contributed by atoms with E-state index < -0.39 is 11.7 Å². The van der Waals surface area contributed by atoms with Crippen LogP contribution < -0.4 is 15.6 Å². The van der Waals surface area contributed by atoms with Crippen molar-refractivity contribution in [3.05, 3.63) is 52.2 Å². The highest BCUT2D eigenvalue weighted by atomic mass is 32.2. The number of rotatable bonds is 6. The van der Waals surface area contributed by atoms with Gasteiger partial charge in [-0.05, 0) is 18.6 Å². The standard InChI is InChI=1S/C16H16FN3O3S/c17-12-4-1-2-5-13(12)23-8-3-6-18-14(21)11-10-19-16-20(15(11)22)7-9-24-16/h1-2,4-5,10H,3,6-9H2,(H,18,21). The van der Waals surface area contributed by atoms with Gasteiger partial charge in [0, 0.05) is 25.0 Å². The maximum atomic E-state index is 13.4.